The first-order chi connectivity index (χ1) is 10.7. The maximum Gasteiger partial charge on any atom is 0.148 e. The topological polar surface area (TPSA) is 137 Å². The highest BCUT2D eigenvalue weighted by Gasteiger charge is 2.59. The number of fused-ring (bicyclic) bond motifs is 1. The monoisotopic (exact) mass is 407 g/mol. The Morgan fingerprint density at radius 1 is 1.00 bits per heavy atom. The number of aromatic amines is 1. The predicted octanol–water partition coefficient (Wildman–Crippen LogP) is -0.411. The molecule has 9 heteroatoms. The molecule has 7 N–H and O–H groups in total. The summed E-state index contributed by atoms with van der Waals surface area (Å²) in [5, 5.41) is 61.4. The molecule has 1 aliphatic rings. The molecule has 126 valence electrons. The molecule has 0 radical (unpaired) electrons. The molecule has 1 aromatic heterocycles. The van der Waals surface area contributed by atoms with Crippen LogP contribution in [0.4, 0.5) is 0 Å². The zero-order valence-corrected chi connectivity index (χ0v) is 13.9. The van der Waals surface area contributed by atoms with Gasteiger partial charge in [-0.1, -0.05) is 11.6 Å². The van der Waals surface area contributed by atoms with Gasteiger partial charge in [0.15, 0.2) is 0 Å². The molecule has 1 aromatic carbocycles. The third-order valence-corrected chi connectivity index (χ3v) is 5.70. The fraction of sp³-hybridized carbons (Fsp3) is 0.429. The van der Waals surface area contributed by atoms with E-state index in [2.05, 4.69) is 20.9 Å². The standard InChI is InChI=1S/C14H15BrClNO6/c15-5-1-2-6-7(8(5)16)4(3-17-6)14(23)12(21)10(19)9(18)11(20)13(14)22/h1-3,9-13,17-23H/t9?,10-,11+,12-,13-,14?/m1/s1. The van der Waals surface area contributed by atoms with E-state index in [0.717, 1.165) is 0 Å². The van der Waals surface area contributed by atoms with E-state index in [1.807, 2.05) is 0 Å². The van der Waals surface area contributed by atoms with Gasteiger partial charge in [0, 0.05) is 27.1 Å². The number of rotatable bonds is 1. The largest absolute Gasteiger partial charge is 0.387 e. The van der Waals surface area contributed by atoms with Gasteiger partial charge in [-0.3, -0.25) is 0 Å². The summed E-state index contributed by atoms with van der Waals surface area (Å²) in [5.41, 5.74) is -1.90. The van der Waals surface area contributed by atoms with E-state index in [1.165, 1.54) is 6.20 Å². The third kappa shape index (κ3) is 2.25. The minimum atomic E-state index is -2.43. The number of hydrogen-bond acceptors (Lipinski definition) is 6. The normalized spacial score (nSPS) is 38.2. The van der Waals surface area contributed by atoms with Gasteiger partial charge in [0.25, 0.3) is 0 Å². The molecule has 0 spiro atoms. The van der Waals surface area contributed by atoms with Crippen molar-refractivity contribution in [3.8, 4) is 0 Å². The minimum Gasteiger partial charge on any atom is -0.387 e. The van der Waals surface area contributed by atoms with E-state index in [0.29, 0.717) is 15.4 Å². The van der Waals surface area contributed by atoms with Crippen molar-refractivity contribution in [2.75, 3.05) is 0 Å². The molecule has 0 aliphatic heterocycles. The summed E-state index contributed by atoms with van der Waals surface area (Å²) in [4.78, 5) is 2.85. The Balaban J connectivity index is 2.25. The molecule has 1 saturated carbocycles. The number of aliphatic hydroxyl groups excluding tert-OH is 5. The molecule has 0 saturated heterocycles. The SMILES string of the molecule is OC1[C@@H](O)[C@@H](O)C(O)(c2c[nH]c3ccc(Br)c(Cl)c23)[C@H](O)[C@H]1O. The molecule has 0 amide bonds. The molecule has 7 nitrogen and oxygen atoms in total. The number of benzene rings is 1. The van der Waals surface area contributed by atoms with E-state index < -0.39 is 36.1 Å². The summed E-state index contributed by atoms with van der Waals surface area (Å²) in [6.07, 6.45) is -8.06. The smallest absolute Gasteiger partial charge is 0.148 e. The van der Waals surface area contributed by atoms with Crippen molar-refractivity contribution >= 4 is 38.4 Å². The maximum absolute atomic E-state index is 10.9. The maximum atomic E-state index is 10.9. The summed E-state index contributed by atoms with van der Waals surface area (Å²) in [6.45, 7) is 0. The van der Waals surface area contributed by atoms with Gasteiger partial charge >= 0.3 is 0 Å². The lowest BCUT2D eigenvalue weighted by molar-refractivity contribution is -0.272. The third-order valence-electron chi connectivity index (χ3n) is 4.42. The van der Waals surface area contributed by atoms with E-state index in [9.17, 15) is 30.6 Å². The second-order valence-corrected chi connectivity index (χ2v) is 6.91. The Hall–Kier alpha value is -0.710. The fourth-order valence-electron chi connectivity index (χ4n) is 3.06. The summed E-state index contributed by atoms with van der Waals surface area (Å²) < 4.78 is 0.525. The second kappa shape index (κ2) is 5.68. The van der Waals surface area contributed by atoms with Crippen molar-refractivity contribution in [3.63, 3.8) is 0 Å². The molecule has 1 fully saturated rings. The summed E-state index contributed by atoms with van der Waals surface area (Å²) in [7, 11) is 0. The van der Waals surface area contributed by atoms with Crippen LogP contribution >= 0.6 is 27.5 Å². The molecule has 1 aliphatic carbocycles. The first-order valence-electron chi connectivity index (χ1n) is 6.79. The van der Waals surface area contributed by atoms with Gasteiger partial charge in [0.05, 0.1) is 5.02 Å². The molecule has 2 aromatic rings. The number of nitrogens with one attached hydrogen (secondary N) is 1. The first-order valence-corrected chi connectivity index (χ1v) is 7.96. The summed E-state index contributed by atoms with van der Waals surface area (Å²) in [6, 6.07) is 3.34. The van der Waals surface area contributed by atoms with Gasteiger partial charge in [-0.25, -0.2) is 0 Å². The molecule has 1 heterocycles. The van der Waals surface area contributed by atoms with Crippen LogP contribution in [0.1, 0.15) is 5.56 Å². The van der Waals surface area contributed by atoms with Crippen LogP contribution in [0.5, 0.6) is 0 Å². The molecule has 0 bridgehead atoms. The van der Waals surface area contributed by atoms with Crippen LogP contribution in [0, 0.1) is 0 Å². The van der Waals surface area contributed by atoms with Crippen LogP contribution in [0.2, 0.25) is 5.02 Å². The molecule has 23 heavy (non-hydrogen) atoms. The van der Waals surface area contributed by atoms with Gasteiger partial charge in [-0.15, -0.1) is 0 Å². The number of hydrogen-bond donors (Lipinski definition) is 7. The van der Waals surface area contributed by atoms with Gasteiger partial charge in [-0.2, -0.15) is 0 Å². The highest BCUT2D eigenvalue weighted by atomic mass is 79.9. The summed E-state index contributed by atoms with van der Waals surface area (Å²) >= 11 is 9.48. The van der Waals surface area contributed by atoms with Crippen molar-refractivity contribution in [2.24, 2.45) is 0 Å². The van der Waals surface area contributed by atoms with Crippen molar-refractivity contribution < 1.29 is 30.6 Å². The highest BCUT2D eigenvalue weighted by Crippen LogP contribution is 2.44. The van der Waals surface area contributed by atoms with Crippen LogP contribution in [-0.2, 0) is 5.60 Å². The van der Waals surface area contributed by atoms with Gasteiger partial charge in [0.2, 0.25) is 0 Å². The van der Waals surface area contributed by atoms with Gasteiger partial charge in [-0.05, 0) is 28.1 Å². The Morgan fingerprint density at radius 3 is 2.13 bits per heavy atom. The van der Waals surface area contributed by atoms with Gasteiger partial charge in [0.1, 0.15) is 36.1 Å². The Morgan fingerprint density at radius 2 is 1.57 bits per heavy atom. The molecule has 2 unspecified atom stereocenters. The van der Waals surface area contributed by atoms with Gasteiger partial charge < -0.3 is 35.6 Å². The Labute approximate surface area is 143 Å². The van der Waals surface area contributed by atoms with Crippen LogP contribution in [0.3, 0.4) is 0 Å². The fourth-order valence-corrected chi connectivity index (χ4v) is 3.66. The van der Waals surface area contributed by atoms with E-state index in [-0.39, 0.29) is 10.6 Å². The van der Waals surface area contributed by atoms with Crippen LogP contribution in [0.25, 0.3) is 10.9 Å². The molecular weight excluding hydrogens is 394 g/mol. The van der Waals surface area contributed by atoms with Crippen LogP contribution in [0.15, 0.2) is 22.8 Å². The van der Waals surface area contributed by atoms with Crippen molar-refractivity contribution in [1.29, 1.82) is 0 Å². The van der Waals surface area contributed by atoms with E-state index in [1.54, 1.807) is 12.1 Å². The average molecular weight is 409 g/mol. The zero-order valence-electron chi connectivity index (χ0n) is 11.6. The summed E-state index contributed by atoms with van der Waals surface area (Å²) in [5.74, 6) is 0. The van der Waals surface area contributed by atoms with E-state index in [4.69, 9.17) is 11.6 Å². The van der Waals surface area contributed by atoms with Crippen LogP contribution in [-0.4, -0.2) is 66.1 Å². The number of halogens is 2. The molecule has 3 rings (SSSR count). The predicted molar refractivity (Wildman–Crippen MR) is 84.9 cm³/mol. The van der Waals surface area contributed by atoms with Crippen molar-refractivity contribution in [2.45, 2.75) is 36.1 Å². The second-order valence-electron chi connectivity index (χ2n) is 5.67. The minimum absolute atomic E-state index is 0.00352. The quantitative estimate of drug-likeness (QED) is 0.343. The number of aromatic nitrogens is 1. The lowest BCUT2D eigenvalue weighted by Gasteiger charge is -2.47. The van der Waals surface area contributed by atoms with E-state index >= 15 is 0 Å². The Bertz CT molecular complexity index is 736. The lowest BCUT2D eigenvalue weighted by atomic mass is 9.71. The Kier molecular flexibility index (Phi) is 4.23. The van der Waals surface area contributed by atoms with Crippen LogP contribution < -0.4 is 0 Å². The lowest BCUT2D eigenvalue weighted by Crippen LogP contribution is -2.68. The van der Waals surface area contributed by atoms with Crippen molar-refractivity contribution in [1.82, 2.24) is 4.98 Å². The average Bonchev–Trinajstić information content (AvgIpc) is 2.98. The molecular formula is C14H15BrClNO6. The number of H-pyrrole nitrogens is 1. The van der Waals surface area contributed by atoms with Crippen molar-refractivity contribution in [3.05, 3.63) is 33.4 Å². The number of aliphatic hydroxyl groups is 6. The first kappa shape index (κ1) is 17.1. The highest BCUT2D eigenvalue weighted by molar-refractivity contribution is 9.10. The molecule has 6 atom stereocenters. The zero-order chi connectivity index (χ0) is 17.1.